The molecule has 0 unspecified atom stereocenters. The average Bonchev–Trinajstić information content (AvgIpc) is 2.76. The van der Waals surface area contributed by atoms with Crippen LogP contribution in [0.3, 0.4) is 0 Å². The van der Waals surface area contributed by atoms with Crippen molar-refractivity contribution < 1.29 is 18.7 Å². The van der Waals surface area contributed by atoms with Gasteiger partial charge in [-0.15, -0.1) is 0 Å². The summed E-state index contributed by atoms with van der Waals surface area (Å²) in [5, 5.41) is 13.0. The van der Waals surface area contributed by atoms with Gasteiger partial charge in [0.1, 0.15) is 11.3 Å². The van der Waals surface area contributed by atoms with E-state index in [0.717, 1.165) is 11.8 Å². The lowest BCUT2D eigenvalue weighted by atomic mass is 10.2. The number of alkyl halides is 2. The van der Waals surface area contributed by atoms with Gasteiger partial charge in [-0.3, -0.25) is 4.68 Å². The zero-order chi connectivity index (χ0) is 14.0. The summed E-state index contributed by atoms with van der Waals surface area (Å²) in [6.07, 6.45) is -1.82. The van der Waals surface area contributed by atoms with Crippen LogP contribution in [0.2, 0.25) is 5.02 Å². The van der Waals surface area contributed by atoms with E-state index in [9.17, 15) is 13.6 Å². The second kappa shape index (κ2) is 5.36. The summed E-state index contributed by atoms with van der Waals surface area (Å²) in [6, 6.07) is 6.75. The fourth-order valence-corrected chi connectivity index (χ4v) is 1.75. The molecular weight excluding hydrogens is 278 g/mol. The molecule has 7 heteroatoms. The van der Waals surface area contributed by atoms with Crippen molar-refractivity contribution in [3.05, 3.63) is 52.3 Å². The highest BCUT2D eigenvalue weighted by atomic mass is 35.5. The van der Waals surface area contributed by atoms with Gasteiger partial charge in [0.2, 0.25) is 0 Å². The molecule has 0 saturated heterocycles. The van der Waals surface area contributed by atoms with Gasteiger partial charge in [-0.25, -0.2) is 13.6 Å². The average molecular weight is 287 g/mol. The highest BCUT2D eigenvalue weighted by molar-refractivity contribution is 6.30. The van der Waals surface area contributed by atoms with Crippen molar-refractivity contribution in [2.75, 3.05) is 0 Å². The zero-order valence-corrected chi connectivity index (χ0v) is 10.3. The van der Waals surface area contributed by atoms with Gasteiger partial charge in [0.25, 0.3) is 6.43 Å². The van der Waals surface area contributed by atoms with E-state index < -0.39 is 23.7 Å². The Morgan fingerprint density at radius 1 is 1.37 bits per heavy atom. The number of rotatable bonds is 4. The van der Waals surface area contributed by atoms with Crippen LogP contribution in [-0.2, 0) is 6.54 Å². The van der Waals surface area contributed by atoms with Gasteiger partial charge in [-0.1, -0.05) is 23.7 Å². The molecule has 1 aromatic carbocycles. The molecule has 4 nitrogen and oxygen atoms in total. The molecule has 0 radical (unpaired) electrons. The third-order valence-electron chi connectivity index (χ3n) is 2.49. The van der Waals surface area contributed by atoms with Gasteiger partial charge in [0.05, 0.1) is 6.54 Å². The molecule has 0 aliphatic heterocycles. The van der Waals surface area contributed by atoms with E-state index in [1.165, 1.54) is 4.68 Å². The van der Waals surface area contributed by atoms with E-state index in [2.05, 4.69) is 5.10 Å². The summed E-state index contributed by atoms with van der Waals surface area (Å²) in [4.78, 5) is 10.8. The van der Waals surface area contributed by atoms with Crippen LogP contribution in [0.1, 0.15) is 28.0 Å². The lowest BCUT2D eigenvalue weighted by Crippen LogP contribution is -2.01. The third kappa shape index (κ3) is 3.08. The number of hydrogen-bond donors (Lipinski definition) is 1. The molecule has 1 N–H and O–H groups in total. The van der Waals surface area contributed by atoms with Gasteiger partial charge in [0.15, 0.2) is 0 Å². The molecular formula is C12H9ClF2N2O2. The molecule has 1 heterocycles. The Kier molecular flexibility index (Phi) is 3.80. The second-order valence-corrected chi connectivity index (χ2v) is 4.29. The zero-order valence-electron chi connectivity index (χ0n) is 9.55. The third-order valence-corrected chi connectivity index (χ3v) is 2.74. The van der Waals surface area contributed by atoms with Crippen molar-refractivity contribution in [2.45, 2.75) is 13.0 Å². The first-order valence-electron chi connectivity index (χ1n) is 5.30. The smallest absolute Gasteiger partial charge is 0.339 e. The molecule has 0 atom stereocenters. The first-order chi connectivity index (χ1) is 8.97. The molecule has 0 fully saturated rings. The highest BCUT2D eigenvalue weighted by Crippen LogP contribution is 2.21. The quantitative estimate of drug-likeness (QED) is 0.939. The Hall–Kier alpha value is -1.95. The van der Waals surface area contributed by atoms with Crippen molar-refractivity contribution in [1.82, 2.24) is 9.78 Å². The van der Waals surface area contributed by atoms with Gasteiger partial charge in [-0.05, 0) is 17.7 Å². The van der Waals surface area contributed by atoms with Gasteiger partial charge >= 0.3 is 5.97 Å². The normalized spacial score (nSPS) is 10.9. The predicted molar refractivity (Wildman–Crippen MR) is 64.7 cm³/mol. The number of benzene rings is 1. The molecule has 0 amide bonds. The Morgan fingerprint density at radius 2 is 2.00 bits per heavy atom. The Balaban J connectivity index is 2.28. The van der Waals surface area contributed by atoms with Crippen molar-refractivity contribution in [1.29, 1.82) is 0 Å². The first-order valence-corrected chi connectivity index (χ1v) is 5.68. The molecule has 0 bridgehead atoms. The van der Waals surface area contributed by atoms with Gasteiger partial charge in [-0.2, -0.15) is 5.10 Å². The first kappa shape index (κ1) is 13.5. The van der Waals surface area contributed by atoms with Crippen LogP contribution in [0.25, 0.3) is 0 Å². The fraction of sp³-hybridized carbons (Fsp3) is 0.167. The van der Waals surface area contributed by atoms with Crippen molar-refractivity contribution in [2.24, 2.45) is 0 Å². The number of carboxylic acid groups (broad SMARTS) is 1. The predicted octanol–water partition coefficient (Wildman–Crippen LogP) is 3.22. The van der Waals surface area contributed by atoms with Crippen LogP contribution in [0.5, 0.6) is 0 Å². The van der Waals surface area contributed by atoms with E-state index in [1.54, 1.807) is 24.3 Å². The lowest BCUT2D eigenvalue weighted by molar-refractivity contribution is 0.0684. The maximum atomic E-state index is 12.6. The minimum absolute atomic E-state index is 0.199. The van der Waals surface area contributed by atoms with Gasteiger partial charge in [0, 0.05) is 11.2 Å². The standard InChI is InChI=1S/C12H9ClF2N2O2/c13-8-3-1-7(2-4-8)5-17-6-9(12(18)19)10(16-17)11(14)15/h1-4,6,11H,5H2,(H,18,19). The summed E-state index contributed by atoms with van der Waals surface area (Å²) >= 11 is 5.73. The largest absolute Gasteiger partial charge is 0.478 e. The highest BCUT2D eigenvalue weighted by Gasteiger charge is 2.22. The number of carbonyl (C=O) groups is 1. The number of halogens is 3. The van der Waals surface area contributed by atoms with E-state index in [-0.39, 0.29) is 6.54 Å². The van der Waals surface area contributed by atoms with Crippen LogP contribution in [-0.4, -0.2) is 20.9 Å². The monoisotopic (exact) mass is 286 g/mol. The number of aromatic carboxylic acids is 1. The van der Waals surface area contributed by atoms with Crippen molar-refractivity contribution >= 4 is 17.6 Å². The van der Waals surface area contributed by atoms with E-state index >= 15 is 0 Å². The Bertz CT molecular complexity index is 596. The molecule has 0 spiro atoms. The van der Waals surface area contributed by atoms with Crippen LogP contribution >= 0.6 is 11.6 Å². The molecule has 100 valence electrons. The Labute approximate surface area is 112 Å². The minimum atomic E-state index is -2.92. The molecule has 0 aliphatic carbocycles. The lowest BCUT2D eigenvalue weighted by Gasteiger charge is -2.01. The summed E-state index contributed by atoms with van der Waals surface area (Å²) in [5.74, 6) is -1.42. The summed E-state index contributed by atoms with van der Waals surface area (Å²) in [5.41, 5.74) is -0.421. The molecule has 2 rings (SSSR count). The maximum Gasteiger partial charge on any atom is 0.339 e. The Morgan fingerprint density at radius 3 is 2.47 bits per heavy atom. The summed E-state index contributed by atoms with van der Waals surface area (Å²) in [7, 11) is 0. The number of nitrogens with zero attached hydrogens (tertiary/aromatic N) is 2. The summed E-state index contributed by atoms with van der Waals surface area (Å²) in [6.45, 7) is 0.199. The molecule has 19 heavy (non-hydrogen) atoms. The van der Waals surface area contributed by atoms with Crippen molar-refractivity contribution in [3.63, 3.8) is 0 Å². The van der Waals surface area contributed by atoms with Gasteiger partial charge < -0.3 is 5.11 Å². The molecule has 0 aliphatic rings. The van der Waals surface area contributed by atoms with Crippen LogP contribution in [0.4, 0.5) is 8.78 Å². The van der Waals surface area contributed by atoms with Crippen molar-refractivity contribution in [3.8, 4) is 0 Å². The molecule has 1 aromatic heterocycles. The second-order valence-electron chi connectivity index (χ2n) is 3.86. The van der Waals surface area contributed by atoms with Crippen LogP contribution in [0.15, 0.2) is 30.5 Å². The minimum Gasteiger partial charge on any atom is -0.478 e. The molecule has 2 aromatic rings. The summed E-state index contributed by atoms with van der Waals surface area (Å²) < 4.78 is 26.4. The number of carboxylic acids is 1. The SMILES string of the molecule is O=C(O)c1cn(Cc2ccc(Cl)cc2)nc1C(F)F. The number of hydrogen-bond acceptors (Lipinski definition) is 2. The fourth-order valence-electron chi connectivity index (χ4n) is 1.62. The molecule has 0 saturated carbocycles. The maximum absolute atomic E-state index is 12.6. The topological polar surface area (TPSA) is 55.1 Å². The van der Waals surface area contributed by atoms with Crippen LogP contribution in [0, 0.1) is 0 Å². The number of aromatic nitrogens is 2. The van der Waals surface area contributed by atoms with E-state index in [0.29, 0.717) is 5.02 Å². The van der Waals surface area contributed by atoms with E-state index in [1.807, 2.05) is 0 Å². The van der Waals surface area contributed by atoms with E-state index in [4.69, 9.17) is 16.7 Å². The van der Waals surface area contributed by atoms with Crippen LogP contribution < -0.4 is 0 Å².